The molecule has 3 rings (SSSR count). The summed E-state index contributed by atoms with van der Waals surface area (Å²) < 4.78 is 5.51. The molecule has 4 atom stereocenters. The molecule has 212 valence electrons. The Bertz CT molecular complexity index is 1080. The van der Waals surface area contributed by atoms with Crippen molar-refractivity contribution in [2.45, 2.75) is 57.7 Å². The minimum atomic E-state index is -1.06. The van der Waals surface area contributed by atoms with E-state index in [1.54, 1.807) is 18.2 Å². The van der Waals surface area contributed by atoms with Gasteiger partial charge in [0.1, 0.15) is 36.3 Å². The smallest absolute Gasteiger partial charge is 0.326 e. The average Bonchev–Trinajstić information content (AvgIpc) is 2.88. The molecule has 2 aliphatic heterocycles. The first-order chi connectivity index (χ1) is 18.6. The summed E-state index contributed by atoms with van der Waals surface area (Å²) in [6.07, 6.45) is 3.29. The number of ketones is 1. The summed E-state index contributed by atoms with van der Waals surface area (Å²) in [6.45, 7) is 3.22. The van der Waals surface area contributed by atoms with E-state index in [9.17, 15) is 29.1 Å². The maximum Gasteiger partial charge on any atom is 0.326 e. The van der Waals surface area contributed by atoms with Gasteiger partial charge in [-0.3, -0.25) is 24.0 Å². The van der Waals surface area contributed by atoms with Crippen LogP contribution in [0.2, 0.25) is 0 Å². The maximum atomic E-state index is 13.4. The predicted molar refractivity (Wildman–Crippen MR) is 150 cm³/mol. The molecule has 4 N–H and O–H groups in total. The largest absolute Gasteiger partial charge is 0.508 e. The molecule has 2 bridgehead atoms. The molecule has 0 saturated carbocycles. The number of allylic oxidation sites excluding steroid dienone is 1. The lowest BCUT2D eigenvalue weighted by Gasteiger charge is -2.26. The van der Waals surface area contributed by atoms with E-state index in [1.807, 2.05) is 19.9 Å². The van der Waals surface area contributed by atoms with Gasteiger partial charge in [-0.15, -0.1) is 0 Å². The van der Waals surface area contributed by atoms with Gasteiger partial charge < -0.3 is 25.8 Å². The third-order valence-corrected chi connectivity index (χ3v) is 8.83. The number of carbonyl (C=O) groups excluding carboxylic acids is 5. The van der Waals surface area contributed by atoms with Gasteiger partial charge in [0.25, 0.3) is 0 Å². The third-order valence-electron chi connectivity index (χ3n) is 6.39. The molecular formula is C27H35N3O7S2. The van der Waals surface area contributed by atoms with Crippen LogP contribution in [0.1, 0.15) is 38.7 Å². The molecule has 2 aliphatic rings. The zero-order valence-corrected chi connectivity index (χ0v) is 23.6. The molecule has 0 spiro atoms. The highest BCUT2D eigenvalue weighted by Crippen LogP contribution is 2.25. The van der Waals surface area contributed by atoms with Crippen molar-refractivity contribution in [1.29, 1.82) is 0 Å². The number of carbonyl (C=O) groups is 5. The Morgan fingerprint density at radius 3 is 2.44 bits per heavy atom. The lowest BCUT2D eigenvalue weighted by molar-refractivity contribution is -0.148. The standard InChI is InChI=1S/C27H35N3O7S2/c1-16(2)21-13-19(32)12-20-5-3-4-10-38-39-15-23(30-25(21)34)27(36)29-22(26(35)28-14-24(33)37-20)11-17-6-8-18(31)9-7-17/h3,5-9,16,20-23,31H,4,10-15H2,1-2H3,(H,28,35)(H,29,36)(H,30,34)/b5-3+/t20-,21-,22-,23-/m1/s1. The van der Waals surface area contributed by atoms with Gasteiger partial charge in [-0.05, 0) is 36.1 Å². The first-order valence-electron chi connectivity index (χ1n) is 12.9. The number of rotatable bonds is 3. The number of esters is 1. The highest BCUT2D eigenvalue weighted by molar-refractivity contribution is 8.76. The Labute approximate surface area is 235 Å². The van der Waals surface area contributed by atoms with E-state index in [2.05, 4.69) is 16.0 Å². The van der Waals surface area contributed by atoms with Crippen molar-refractivity contribution < 1.29 is 33.8 Å². The van der Waals surface area contributed by atoms with E-state index >= 15 is 0 Å². The molecule has 12 heteroatoms. The van der Waals surface area contributed by atoms with Crippen LogP contribution in [0.15, 0.2) is 36.4 Å². The molecule has 0 aromatic heterocycles. The Hall–Kier alpha value is -2.99. The Morgan fingerprint density at radius 2 is 1.72 bits per heavy atom. The van der Waals surface area contributed by atoms with Gasteiger partial charge in [0.15, 0.2) is 0 Å². The van der Waals surface area contributed by atoms with Crippen LogP contribution in [0.4, 0.5) is 0 Å². The zero-order chi connectivity index (χ0) is 28.4. The van der Waals surface area contributed by atoms with Crippen molar-refractivity contribution >= 4 is 51.1 Å². The number of hydrogen-bond acceptors (Lipinski definition) is 9. The van der Waals surface area contributed by atoms with E-state index in [0.29, 0.717) is 17.7 Å². The first kappa shape index (κ1) is 30.6. The number of aromatic hydroxyl groups is 1. The minimum Gasteiger partial charge on any atom is -0.508 e. The fourth-order valence-corrected chi connectivity index (χ4v) is 6.33. The van der Waals surface area contributed by atoms with Crippen molar-refractivity contribution in [3.05, 3.63) is 42.0 Å². The van der Waals surface area contributed by atoms with Gasteiger partial charge in [0.05, 0.1) is 0 Å². The summed E-state index contributed by atoms with van der Waals surface area (Å²) in [4.78, 5) is 65.4. The fraction of sp³-hybridized carbons (Fsp3) is 0.519. The summed E-state index contributed by atoms with van der Waals surface area (Å²) in [5.41, 5.74) is 0.672. The summed E-state index contributed by atoms with van der Waals surface area (Å²) in [5.74, 6) is -2.39. The van der Waals surface area contributed by atoms with Crippen molar-refractivity contribution in [2.24, 2.45) is 11.8 Å². The first-order valence-corrected chi connectivity index (χ1v) is 15.4. The van der Waals surface area contributed by atoms with Crippen LogP contribution in [0.25, 0.3) is 0 Å². The fourth-order valence-electron chi connectivity index (χ4n) is 4.18. The van der Waals surface area contributed by atoms with Gasteiger partial charge in [-0.1, -0.05) is 53.6 Å². The molecule has 0 aliphatic carbocycles. The Balaban J connectivity index is 1.96. The van der Waals surface area contributed by atoms with Crippen LogP contribution in [-0.4, -0.2) is 70.8 Å². The lowest BCUT2D eigenvalue weighted by Crippen LogP contribution is -2.56. The highest BCUT2D eigenvalue weighted by atomic mass is 33.1. The molecule has 1 aromatic rings. The molecule has 3 amide bonds. The minimum absolute atomic E-state index is 0.0537. The van der Waals surface area contributed by atoms with Gasteiger partial charge in [0.2, 0.25) is 17.7 Å². The van der Waals surface area contributed by atoms with Crippen molar-refractivity contribution in [3.63, 3.8) is 0 Å². The van der Waals surface area contributed by atoms with Crippen LogP contribution >= 0.6 is 21.6 Å². The zero-order valence-electron chi connectivity index (χ0n) is 22.0. The average molecular weight is 578 g/mol. The normalized spacial score (nSPS) is 27.1. The number of Topliss-reactive ketones (excluding diaryl/α,β-unsaturated/α-hetero) is 1. The topological polar surface area (TPSA) is 151 Å². The predicted octanol–water partition coefficient (Wildman–Crippen LogP) is 1.91. The lowest BCUT2D eigenvalue weighted by atomic mass is 9.88. The van der Waals surface area contributed by atoms with Crippen molar-refractivity contribution in [2.75, 3.05) is 18.1 Å². The Kier molecular flexibility index (Phi) is 11.7. The van der Waals surface area contributed by atoms with Crippen LogP contribution in [0, 0.1) is 11.8 Å². The highest BCUT2D eigenvalue weighted by Gasteiger charge is 2.32. The number of nitrogens with one attached hydrogen (secondary N) is 3. The van der Waals surface area contributed by atoms with Crippen LogP contribution in [0.5, 0.6) is 5.75 Å². The van der Waals surface area contributed by atoms with Crippen LogP contribution in [0.3, 0.4) is 0 Å². The summed E-state index contributed by atoms with van der Waals surface area (Å²) in [5, 5.41) is 17.7. The summed E-state index contributed by atoms with van der Waals surface area (Å²) >= 11 is 0. The number of amides is 3. The number of phenolic OH excluding ortho intramolecular Hbond substituents is 1. The Morgan fingerprint density at radius 1 is 0.974 bits per heavy atom. The second-order valence-electron chi connectivity index (χ2n) is 9.86. The second-order valence-corrected chi connectivity index (χ2v) is 12.5. The van der Waals surface area contributed by atoms with Gasteiger partial charge in [-0.2, -0.15) is 0 Å². The number of benzene rings is 1. The summed E-state index contributed by atoms with van der Waals surface area (Å²) in [6, 6.07) is 4.19. The quantitative estimate of drug-likeness (QED) is 0.240. The van der Waals surface area contributed by atoms with E-state index in [4.69, 9.17) is 4.74 Å². The molecule has 1 aromatic carbocycles. The van der Waals surface area contributed by atoms with E-state index < -0.39 is 54.3 Å². The number of ether oxygens (including phenoxy) is 1. The van der Waals surface area contributed by atoms with Crippen molar-refractivity contribution in [3.8, 4) is 5.75 Å². The molecule has 2 heterocycles. The molecule has 1 fully saturated rings. The van der Waals surface area contributed by atoms with Crippen molar-refractivity contribution in [1.82, 2.24) is 16.0 Å². The molecule has 0 radical (unpaired) electrons. The molecule has 1 saturated heterocycles. The van der Waals surface area contributed by atoms with E-state index in [-0.39, 0.29) is 42.5 Å². The van der Waals surface area contributed by atoms with Gasteiger partial charge >= 0.3 is 5.97 Å². The monoisotopic (exact) mass is 577 g/mol. The molecule has 39 heavy (non-hydrogen) atoms. The molecule has 10 nitrogen and oxygen atoms in total. The van der Waals surface area contributed by atoms with Crippen LogP contribution in [-0.2, 0) is 35.1 Å². The molecular weight excluding hydrogens is 542 g/mol. The summed E-state index contributed by atoms with van der Waals surface area (Å²) in [7, 11) is 2.95. The number of hydrogen-bond donors (Lipinski definition) is 4. The van der Waals surface area contributed by atoms with Gasteiger partial charge in [0, 0.05) is 36.7 Å². The SMILES string of the molecule is CC(C)[C@H]1CC(=O)C[C@H]2/C=C/CCSSC[C@@H](NC1=O)C(=O)N[C@H](Cc1ccc(O)cc1)C(=O)NCC(=O)O2. The van der Waals surface area contributed by atoms with Crippen LogP contribution < -0.4 is 16.0 Å². The number of phenols is 1. The van der Waals surface area contributed by atoms with E-state index in [0.717, 1.165) is 0 Å². The maximum absolute atomic E-state index is 13.4. The molecule has 0 unspecified atom stereocenters. The number of fused-ring (bicyclic) bond motifs is 7. The third kappa shape index (κ3) is 9.92. The van der Waals surface area contributed by atoms with Gasteiger partial charge in [-0.25, -0.2) is 0 Å². The second kappa shape index (κ2) is 15.0. The van der Waals surface area contributed by atoms with E-state index in [1.165, 1.54) is 33.7 Å².